The first-order chi connectivity index (χ1) is 15.6. The zero-order chi connectivity index (χ0) is 22.3. The van der Waals surface area contributed by atoms with E-state index in [2.05, 4.69) is 26.3 Å². The SMILES string of the molecule is O=C(Nc1cnn(COc2ccc(Br)cc2)c1)c1cccc(COc2ccccc2Cl)c1. The maximum Gasteiger partial charge on any atom is 0.255 e. The lowest BCUT2D eigenvalue weighted by molar-refractivity contribution is 0.102. The zero-order valence-electron chi connectivity index (χ0n) is 16.9. The van der Waals surface area contributed by atoms with Crippen molar-refractivity contribution in [3.63, 3.8) is 0 Å². The Labute approximate surface area is 198 Å². The number of hydrogen-bond acceptors (Lipinski definition) is 4. The van der Waals surface area contributed by atoms with Gasteiger partial charge in [-0.1, -0.05) is 51.8 Å². The maximum atomic E-state index is 12.7. The summed E-state index contributed by atoms with van der Waals surface area (Å²) >= 11 is 9.51. The Bertz CT molecular complexity index is 1210. The lowest BCUT2D eigenvalue weighted by Crippen LogP contribution is -2.12. The summed E-state index contributed by atoms with van der Waals surface area (Å²) in [6, 6.07) is 22.0. The molecular formula is C24H19BrClN3O3. The maximum absolute atomic E-state index is 12.7. The van der Waals surface area contributed by atoms with E-state index in [-0.39, 0.29) is 12.6 Å². The smallest absolute Gasteiger partial charge is 0.255 e. The monoisotopic (exact) mass is 511 g/mol. The van der Waals surface area contributed by atoms with E-state index in [1.807, 2.05) is 48.5 Å². The number of aromatic nitrogens is 2. The van der Waals surface area contributed by atoms with Crippen LogP contribution in [0.5, 0.6) is 11.5 Å². The van der Waals surface area contributed by atoms with Crippen LogP contribution in [-0.4, -0.2) is 15.7 Å². The first-order valence-electron chi connectivity index (χ1n) is 9.75. The molecule has 1 heterocycles. The van der Waals surface area contributed by atoms with Crippen molar-refractivity contribution in [1.29, 1.82) is 0 Å². The van der Waals surface area contributed by atoms with Gasteiger partial charge in [-0.05, 0) is 54.1 Å². The van der Waals surface area contributed by atoms with Gasteiger partial charge in [0.05, 0.1) is 23.1 Å². The van der Waals surface area contributed by atoms with Crippen molar-refractivity contribution >= 4 is 39.1 Å². The third kappa shape index (κ3) is 5.90. The van der Waals surface area contributed by atoms with Crippen molar-refractivity contribution in [2.75, 3.05) is 5.32 Å². The minimum absolute atomic E-state index is 0.229. The fraction of sp³-hybridized carbons (Fsp3) is 0.0833. The molecule has 1 aromatic heterocycles. The van der Waals surface area contributed by atoms with E-state index < -0.39 is 0 Å². The summed E-state index contributed by atoms with van der Waals surface area (Å²) in [7, 11) is 0. The number of carbonyl (C=O) groups excluding carboxylic acids is 1. The van der Waals surface area contributed by atoms with E-state index in [1.165, 1.54) is 0 Å². The van der Waals surface area contributed by atoms with Gasteiger partial charge in [-0.3, -0.25) is 4.79 Å². The Balaban J connectivity index is 1.33. The second kappa shape index (κ2) is 10.3. The molecule has 4 rings (SSSR count). The Morgan fingerprint density at radius 1 is 1.03 bits per heavy atom. The van der Waals surface area contributed by atoms with Gasteiger partial charge in [0.2, 0.25) is 0 Å². The molecule has 0 atom stereocenters. The summed E-state index contributed by atoms with van der Waals surface area (Å²) in [6.45, 7) is 0.530. The topological polar surface area (TPSA) is 65.4 Å². The highest BCUT2D eigenvalue weighted by Crippen LogP contribution is 2.24. The van der Waals surface area contributed by atoms with Crippen LogP contribution in [0.25, 0.3) is 0 Å². The summed E-state index contributed by atoms with van der Waals surface area (Å²) in [5.74, 6) is 1.09. The molecule has 3 aromatic carbocycles. The quantitative estimate of drug-likeness (QED) is 0.307. The van der Waals surface area contributed by atoms with E-state index in [0.29, 0.717) is 28.6 Å². The summed E-state index contributed by atoms with van der Waals surface area (Å²) in [6.07, 6.45) is 3.29. The Hall–Kier alpha value is -3.29. The van der Waals surface area contributed by atoms with E-state index in [0.717, 1.165) is 15.8 Å². The van der Waals surface area contributed by atoms with Gasteiger partial charge in [-0.2, -0.15) is 5.10 Å². The molecule has 1 N–H and O–H groups in total. The molecule has 6 nitrogen and oxygen atoms in total. The van der Waals surface area contributed by atoms with Gasteiger partial charge < -0.3 is 14.8 Å². The minimum atomic E-state index is -0.238. The number of benzene rings is 3. The lowest BCUT2D eigenvalue weighted by atomic mass is 10.1. The van der Waals surface area contributed by atoms with Gasteiger partial charge in [0.15, 0.2) is 6.73 Å². The van der Waals surface area contributed by atoms with Crippen LogP contribution in [0.4, 0.5) is 5.69 Å². The third-order valence-electron chi connectivity index (χ3n) is 4.49. The molecule has 1 amide bonds. The van der Waals surface area contributed by atoms with Crippen molar-refractivity contribution in [3.05, 3.63) is 106 Å². The van der Waals surface area contributed by atoms with Gasteiger partial charge in [0.25, 0.3) is 5.91 Å². The molecule has 4 aromatic rings. The van der Waals surface area contributed by atoms with Crippen LogP contribution < -0.4 is 14.8 Å². The molecule has 0 aliphatic carbocycles. The average molecular weight is 513 g/mol. The summed E-state index contributed by atoms with van der Waals surface area (Å²) in [4.78, 5) is 12.7. The van der Waals surface area contributed by atoms with Crippen LogP contribution in [0.3, 0.4) is 0 Å². The molecule has 0 aliphatic rings. The largest absolute Gasteiger partial charge is 0.487 e. The molecule has 0 radical (unpaired) electrons. The van der Waals surface area contributed by atoms with E-state index in [9.17, 15) is 4.79 Å². The second-order valence-electron chi connectivity index (χ2n) is 6.87. The van der Waals surface area contributed by atoms with Crippen LogP contribution in [0.15, 0.2) is 89.7 Å². The molecule has 0 aliphatic heterocycles. The molecule has 8 heteroatoms. The van der Waals surface area contributed by atoms with Crippen LogP contribution in [0.1, 0.15) is 15.9 Å². The van der Waals surface area contributed by atoms with E-state index in [4.69, 9.17) is 21.1 Å². The number of hydrogen-bond donors (Lipinski definition) is 1. The van der Waals surface area contributed by atoms with Crippen molar-refractivity contribution in [3.8, 4) is 11.5 Å². The predicted octanol–water partition coefficient (Wildman–Crippen LogP) is 6.17. The standard InChI is InChI=1S/C24H19BrClN3O3/c25-19-8-10-21(11-9-19)32-16-29-14-20(13-27-29)28-24(30)18-5-3-4-17(12-18)15-31-23-7-2-1-6-22(23)26/h1-14H,15-16H2,(H,28,30). The molecule has 0 spiro atoms. The Kier molecular flexibility index (Phi) is 7.09. The minimum Gasteiger partial charge on any atom is -0.487 e. The third-order valence-corrected chi connectivity index (χ3v) is 5.33. The molecule has 0 unspecified atom stereocenters. The van der Waals surface area contributed by atoms with Crippen molar-refractivity contribution in [2.45, 2.75) is 13.3 Å². The summed E-state index contributed by atoms with van der Waals surface area (Å²) < 4.78 is 14.0. The first-order valence-corrected chi connectivity index (χ1v) is 10.9. The zero-order valence-corrected chi connectivity index (χ0v) is 19.2. The number of amides is 1. The molecule has 0 saturated heterocycles. The van der Waals surface area contributed by atoms with E-state index in [1.54, 1.807) is 41.3 Å². The van der Waals surface area contributed by atoms with Crippen molar-refractivity contribution in [2.24, 2.45) is 0 Å². The fourth-order valence-corrected chi connectivity index (χ4v) is 3.35. The molecule has 0 saturated carbocycles. The lowest BCUT2D eigenvalue weighted by Gasteiger charge is -2.09. The number of para-hydroxylation sites is 1. The normalized spacial score (nSPS) is 10.6. The van der Waals surface area contributed by atoms with Crippen molar-refractivity contribution < 1.29 is 14.3 Å². The summed E-state index contributed by atoms with van der Waals surface area (Å²) in [5, 5.41) is 7.61. The Morgan fingerprint density at radius 3 is 2.66 bits per heavy atom. The van der Waals surface area contributed by atoms with Crippen molar-refractivity contribution in [1.82, 2.24) is 9.78 Å². The van der Waals surface area contributed by atoms with Gasteiger partial charge in [0.1, 0.15) is 18.1 Å². The molecule has 0 bridgehead atoms. The predicted molar refractivity (Wildman–Crippen MR) is 127 cm³/mol. The number of halogens is 2. The Morgan fingerprint density at radius 2 is 1.84 bits per heavy atom. The molecule has 162 valence electrons. The number of carbonyl (C=O) groups is 1. The number of nitrogens with one attached hydrogen (secondary N) is 1. The van der Waals surface area contributed by atoms with Gasteiger partial charge in [-0.25, -0.2) is 4.68 Å². The van der Waals surface area contributed by atoms with Crippen LogP contribution in [0.2, 0.25) is 5.02 Å². The fourth-order valence-electron chi connectivity index (χ4n) is 2.90. The van der Waals surface area contributed by atoms with Crippen LogP contribution in [-0.2, 0) is 13.3 Å². The number of ether oxygens (including phenoxy) is 2. The van der Waals surface area contributed by atoms with Gasteiger partial charge in [-0.15, -0.1) is 0 Å². The van der Waals surface area contributed by atoms with Crippen LogP contribution >= 0.6 is 27.5 Å². The van der Waals surface area contributed by atoms with Gasteiger partial charge >= 0.3 is 0 Å². The highest BCUT2D eigenvalue weighted by Gasteiger charge is 2.09. The number of nitrogens with zero attached hydrogens (tertiary/aromatic N) is 2. The van der Waals surface area contributed by atoms with Gasteiger partial charge in [0, 0.05) is 10.0 Å². The number of anilines is 1. The number of rotatable bonds is 8. The highest BCUT2D eigenvalue weighted by molar-refractivity contribution is 9.10. The molecule has 32 heavy (non-hydrogen) atoms. The summed E-state index contributed by atoms with van der Waals surface area (Å²) in [5.41, 5.74) is 1.95. The second-order valence-corrected chi connectivity index (χ2v) is 8.19. The average Bonchev–Trinajstić information content (AvgIpc) is 3.25. The molecule has 0 fully saturated rings. The van der Waals surface area contributed by atoms with E-state index >= 15 is 0 Å². The first kappa shape index (κ1) is 21.9. The highest BCUT2D eigenvalue weighted by atomic mass is 79.9. The molecular weight excluding hydrogens is 494 g/mol. The van der Waals surface area contributed by atoms with Crippen LogP contribution in [0, 0.1) is 0 Å².